The number of hydrogen-bond acceptors (Lipinski definition) is 10. The van der Waals surface area contributed by atoms with Crippen LogP contribution < -0.4 is 0 Å². The molecule has 5 aliphatic rings. The Morgan fingerprint density at radius 3 is 1.31 bits per heavy atom. The maximum absolute atomic E-state index is 13.5. The van der Waals surface area contributed by atoms with Crippen LogP contribution in [-0.2, 0) is 47.5 Å². The molecule has 240 valence electrons. The first-order valence-electron chi connectivity index (χ1n) is 16.1. The van der Waals surface area contributed by atoms with Gasteiger partial charge in [-0.1, -0.05) is 27.7 Å². The number of methoxy groups -OCH3 is 2. The molecule has 0 aromatic rings. The number of carbonyl (C=O) groups excluding carboxylic acids is 2. The van der Waals surface area contributed by atoms with E-state index in [1.807, 2.05) is 0 Å². The van der Waals surface area contributed by atoms with Crippen LogP contribution in [0.5, 0.6) is 0 Å². The summed E-state index contributed by atoms with van der Waals surface area (Å²) in [4.78, 5) is 26.9. The minimum Gasteiger partial charge on any atom is -0.462 e. The first-order valence-corrected chi connectivity index (χ1v) is 16.1. The van der Waals surface area contributed by atoms with Gasteiger partial charge >= 0.3 is 11.9 Å². The molecule has 10 nitrogen and oxygen atoms in total. The molecule has 0 spiro atoms. The van der Waals surface area contributed by atoms with Crippen LogP contribution in [0.3, 0.4) is 0 Å². The monoisotopic (exact) mass is 596 g/mol. The van der Waals surface area contributed by atoms with E-state index in [4.69, 9.17) is 37.9 Å². The van der Waals surface area contributed by atoms with Crippen LogP contribution >= 0.6 is 0 Å². The SMILES string of the molecule is COCO[C@H]1C[C@H]2C[C@@H]([C@@H]3C[C@H]3C)OC(=O)C[C@@H]3O[C@@H](C[C@H](OCOC)[C@H]3C)C[C@@H]([C@@H]3C[C@H]3C)OC(=O)C[C@H](O2)[C@@H]1C. The van der Waals surface area contributed by atoms with Gasteiger partial charge in [-0.2, -0.15) is 0 Å². The second kappa shape index (κ2) is 14.2. The van der Waals surface area contributed by atoms with Gasteiger partial charge in [0.25, 0.3) is 0 Å². The van der Waals surface area contributed by atoms with Gasteiger partial charge in [-0.05, 0) is 36.5 Å². The second-order valence-electron chi connectivity index (χ2n) is 13.7. The zero-order valence-corrected chi connectivity index (χ0v) is 26.2. The highest BCUT2D eigenvalue weighted by Crippen LogP contribution is 2.47. The quantitative estimate of drug-likeness (QED) is 0.298. The van der Waals surface area contributed by atoms with Gasteiger partial charge in [-0.3, -0.25) is 9.59 Å². The summed E-state index contributed by atoms with van der Waals surface area (Å²) in [5, 5.41) is 0. The molecule has 0 amide bonds. The molecule has 3 aliphatic heterocycles. The topological polar surface area (TPSA) is 108 Å². The highest BCUT2D eigenvalue weighted by Gasteiger charge is 2.48. The van der Waals surface area contributed by atoms with E-state index in [1.54, 1.807) is 14.2 Å². The fourth-order valence-electron chi connectivity index (χ4n) is 7.44. The number of fused-ring (bicyclic) bond motifs is 4. The van der Waals surface area contributed by atoms with Gasteiger partial charge in [-0.25, -0.2) is 0 Å². The Labute approximate surface area is 250 Å². The van der Waals surface area contributed by atoms with Crippen molar-refractivity contribution in [3.05, 3.63) is 0 Å². The maximum atomic E-state index is 13.5. The zero-order chi connectivity index (χ0) is 30.0. The molecule has 0 aromatic heterocycles. The summed E-state index contributed by atoms with van der Waals surface area (Å²) in [5.41, 5.74) is 0. The first-order chi connectivity index (χ1) is 20.2. The van der Waals surface area contributed by atoms with Gasteiger partial charge in [0, 0.05) is 51.7 Å². The second-order valence-corrected chi connectivity index (χ2v) is 13.7. The maximum Gasteiger partial charge on any atom is 0.308 e. The van der Waals surface area contributed by atoms with E-state index in [9.17, 15) is 9.59 Å². The van der Waals surface area contributed by atoms with E-state index >= 15 is 0 Å². The van der Waals surface area contributed by atoms with Crippen LogP contribution in [0, 0.1) is 35.5 Å². The molecule has 42 heavy (non-hydrogen) atoms. The number of ether oxygens (including phenoxy) is 8. The molecule has 10 heteroatoms. The van der Waals surface area contributed by atoms with Crippen LogP contribution in [0.25, 0.3) is 0 Å². The van der Waals surface area contributed by atoms with E-state index in [-0.39, 0.29) is 99.0 Å². The van der Waals surface area contributed by atoms with Crippen LogP contribution in [0.2, 0.25) is 0 Å². The van der Waals surface area contributed by atoms with E-state index in [2.05, 4.69) is 27.7 Å². The van der Waals surface area contributed by atoms with Crippen molar-refractivity contribution in [2.75, 3.05) is 27.8 Å². The fraction of sp³-hybridized carbons (Fsp3) is 0.938. The average molecular weight is 597 g/mol. The van der Waals surface area contributed by atoms with E-state index < -0.39 is 0 Å². The lowest BCUT2D eigenvalue weighted by atomic mass is 9.85. The Hall–Kier alpha value is -1.30. The molecule has 0 radical (unpaired) electrons. The molecule has 5 fully saturated rings. The Morgan fingerprint density at radius 2 is 0.976 bits per heavy atom. The third-order valence-corrected chi connectivity index (χ3v) is 10.5. The molecule has 3 heterocycles. The Bertz CT molecular complexity index is 842. The molecule has 0 N–H and O–H groups in total. The predicted molar refractivity (Wildman–Crippen MR) is 151 cm³/mol. The lowest BCUT2D eigenvalue weighted by Crippen LogP contribution is -2.48. The van der Waals surface area contributed by atoms with Gasteiger partial charge < -0.3 is 37.9 Å². The van der Waals surface area contributed by atoms with Crippen LogP contribution in [-0.4, -0.2) is 88.6 Å². The van der Waals surface area contributed by atoms with Gasteiger partial charge in [0.1, 0.15) is 25.8 Å². The minimum absolute atomic E-state index is 0.0235. The number of carbonyl (C=O) groups is 2. The number of hydrogen-bond donors (Lipinski definition) is 0. The summed E-state index contributed by atoms with van der Waals surface area (Å²) in [6.45, 7) is 8.85. The summed E-state index contributed by atoms with van der Waals surface area (Å²) < 4.78 is 48.1. The number of cyclic esters (lactones) is 2. The molecule has 2 aliphatic carbocycles. The van der Waals surface area contributed by atoms with Crippen molar-refractivity contribution in [1.82, 2.24) is 0 Å². The molecule has 5 rings (SSSR count). The molecule has 0 aromatic carbocycles. The van der Waals surface area contributed by atoms with Crippen molar-refractivity contribution in [1.29, 1.82) is 0 Å². The summed E-state index contributed by atoms with van der Waals surface area (Å²) in [6.07, 6.45) is 2.85. The van der Waals surface area contributed by atoms with Crippen LogP contribution in [0.15, 0.2) is 0 Å². The Morgan fingerprint density at radius 1 is 0.595 bits per heavy atom. The van der Waals surface area contributed by atoms with Crippen molar-refractivity contribution in [3.8, 4) is 0 Å². The van der Waals surface area contributed by atoms with Crippen molar-refractivity contribution in [3.63, 3.8) is 0 Å². The van der Waals surface area contributed by atoms with Gasteiger partial charge in [0.2, 0.25) is 0 Å². The molecule has 2 saturated carbocycles. The van der Waals surface area contributed by atoms with E-state index in [0.717, 1.165) is 12.8 Å². The number of rotatable bonds is 8. The Balaban J connectivity index is 1.39. The normalized spacial score (nSPS) is 46.4. The van der Waals surface area contributed by atoms with E-state index in [1.165, 1.54) is 0 Å². The van der Waals surface area contributed by atoms with Gasteiger partial charge in [0.15, 0.2) is 0 Å². The third-order valence-electron chi connectivity index (χ3n) is 10.5. The van der Waals surface area contributed by atoms with Crippen molar-refractivity contribution >= 4 is 11.9 Å². The zero-order valence-electron chi connectivity index (χ0n) is 26.2. The molecule has 3 saturated heterocycles. The van der Waals surface area contributed by atoms with Crippen LogP contribution in [0.1, 0.15) is 79.1 Å². The summed E-state index contributed by atoms with van der Waals surface area (Å²) in [5.74, 6) is 1.04. The average Bonchev–Trinajstić information content (AvgIpc) is 3.86. The van der Waals surface area contributed by atoms with Crippen LogP contribution in [0.4, 0.5) is 0 Å². The standard InChI is InChI=1S/C32H52O10/c1-17-7-23(17)29-11-21-9-25(37-15-35-5)19(3)28(39-21)14-32(34)42-30(24-8-18(24)2)12-22-10-26(38-16-36-6)20(4)27(40-22)13-31(33)41-29/h17-30H,7-16H2,1-6H3/t17-,18-,19-,20-,21+,22+,23-,24-,25+,26+,27+,28+,29+,30+/m1/s1. The molecule has 0 unspecified atom stereocenters. The summed E-state index contributed by atoms with van der Waals surface area (Å²) >= 11 is 0. The minimum atomic E-state index is -0.362. The van der Waals surface area contributed by atoms with Crippen molar-refractivity contribution in [2.45, 2.75) is 128 Å². The summed E-state index contributed by atoms with van der Waals surface area (Å²) in [6, 6.07) is 0. The van der Waals surface area contributed by atoms with Crippen molar-refractivity contribution < 1.29 is 47.5 Å². The fourth-order valence-corrected chi connectivity index (χ4v) is 7.44. The van der Waals surface area contributed by atoms with Crippen molar-refractivity contribution in [2.24, 2.45) is 35.5 Å². The van der Waals surface area contributed by atoms with Gasteiger partial charge in [0.05, 0.1) is 49.5 Å². The first kappa shape index (κ1) is 32.1. The highest BCUT2D eigenvalue weighted by molar-refractivity contribution is 5.71. The molecule has 4 bridgehead atoms. The largest absolute Gasteiger partial charge is 0.462 e. The smallest absolute Gasteiger partial charge is 0.308 e. The summed E-state index contributed by atoms with van der Waals surface area (Å²) in [7, 11) is 3.21. The predicted octanol–water partition coefficient (Wildman–Crippen LogP) is 4.26. The molecule has 14 atom stereocenters. The van der Waals surface area contributed by atoms with Gasteiger partial charge in [-0.15, -0.1) is 0 Å². The lowest BCUT2D eigenvalue weighted by molar-refractivity contribution is -0.201. The molecular formula is C32H52O10. The lowest BCUT2D eigenvalue weighted by Gasteiger charge is -2.42. The van der Waals surface area contributed by atoms with E-state index in [0.29, 0.717) is 49.4 Å². The highest BCUT2D eigenvalue weighted by atomic mass is 16.7. The Kier molecular flexibility index (Phi) is 10.9. The molecular weight excluding hydrogens is 544 g/mol. The number of esters is 2. The third kappa shape index (κ3) is 8.04.